The van der Waals surface area contributed by atoms with Gasteiger partial charge in [-0.25, -0.2) is 0 Å². The molecule has 0 atom stereocenters. The monoisotopic (exact) mass is 191 g/mol. The summed E-state index contributed by atoms with van der Waals surface area (Å²) in [5, 5.41) is 8.39. The zero-order valence-electron chi connectivity index (χ0n) is 8.63. The standard InChI is InChI=1S/C11H13NO2/c1-8-7-11(14-5-4-12)9(2)6-10(8)13-3/h6-7H,5H2,1-3H3. The number of hydrogen-bond donors (Lipinski definition) is 0. The fourth-order valence-corrected chi connectivity index (χ4v) is 1.25. The van der Waals surface area contributed by atoms with Gasteiger partial charge in [-0.3, -0.25) is 0 Å². The molecule has 0 aliphatic rings. The van der Waals surface area contributed by atoms with E-state index < -0.39 is 0 Å². The quantitative estimate of drug-likeness (QED) is 0.735. The van der Waals surface area contributed by atoms with Gasteiger partial charge in [-0.05, 0) is 37.1 Å². The summed E-state index contributed by atoms with van der Waals surface area (Å²) in [6.45, 7) is 3.94. The Labute approximate surface area is 83.9 Å². The van der Waals surface area contributed by atoms with Crippen LogP contribution in [0, 0.1) is 25.2 Å². The molecule has 0 amide bonds. The van der Waals surface area contributed by atoms with Gasteiger partial charge in [-0.2, -0.15) is 5.26 Å². The molecule has 0 N–H and O–H groups in total. The van der Waals surface area contributed by atoms with Crippen molar-refractivity contribution in [3.63, 3.8) is 0 Å². The molecule has 0 aliphatic heterocycles. The Bertz CT molecular complexity index is 366. The summed E-state index contributed by atoms with van der Waals surface area (Å²) >= 11 is 0. The normalized spacial score (nSPS) is 9.29. The number of methoxy groups -OCH3 is 1. The smallest absolute Gasteiger partial charge is 0.174 e. The molecule has 14 heavy (non-hydrogen) atoms. The number of rotatable bonds is 3. The van der Waals surface area contributed by atoms with Gasteiger partial charge in [0.05, 0.1) is 7.11 Å². The van der Waals surface area contributed by atoms with Gasteiger partial charge in [0.15, 0.2) is 6.61 Å². The molecule has 74 valence electrons. The number of benzene rings is 1. The molecular weight excluding hydrogens is 178 g/mol. The Morgan fingerprint density at radius 2 is 1.79 bits per heavy atom. The van der Waals surface area contributed by atoms with Gasteiger partial charge < -0.3 is 9.47 Å². The Balaban J connectivity index is 2.97. The largest absolute Gasteiger partial charge is 0.496 e. The fourth-order valence-electron chi connectivity index (χ4n) is 1.25. The van der Waals surface area contributed by atoms with Crippen LogP contribution in [0.1, 0.15) is 11.1 Å². The maximum absolute atomic E-state index is 8.39. The maximum atomic E-state index is 8.39. The number of hydrogen-bond acceptors (Lipinski definition) is 3. The summed E-state index contributed by atoms with van der Waals surface area (Å²) < 4.78 is 10.4. The van der Waals surface area contributed by atoms with E-state index in [0.29, 0.717) is 0 Å². The van der Waals surface area contributed by atoms with Crippen LogP contribution in [-0.2, 0) is 0 Å². The molecular formula is C11H13NO2. The highest BCUT2D eigenvalue weighted by Crippen LogP contribution is 2.27. The van der Waals surface area contributed by atoms with Crippen molar-refractivity contribution in [2.75, 3.05) is 13.7 Å². The van der Waals surface area contributed by atoms with Gasteiger partial charge in [0, 0.05) is 0 Å². The molecule has 0 aromatic heterocycles. The summed E-state index contributed by atoms with van der Waals surface area (Å²) in [5.41, 5.74) is 1.98. The predicted molar refractivity (Wildman–Crippen MR) is 53.6 cm³/mol. The van der Waals surface area contributed by atoms with E-state index in [9.17, 15) is 0 Å². The van der Waals surface area contributed by atoms with Crippen LogP contribution in [0.4, 0.5) is 0 Å². The van der Waals surface area contributed by atoms with E-state index in [-0.39, 0.29) is 6.61 Å². The molecule has 1 rings (SSSR count). The van der Waals surface area contributed by atoms with Crippen LogP contribution < -0.4 is 9.47 Å². The molecule has 0 fully saturated rings. The SMILES string of the molecule is COc1cc(C)c(OCC#N)cc1C. The van der Waals surface area contributed by atoms with Gasteiger partial charge in [0.2, 0.25) is 0 Å². The third-order valence-corrected chi connectivity index (χ3v) is 1.98. The Morgan fingerprint density at radius 1 is 1.21 bits per heavy atom. The Kier molecular flexibility index (Phi) is 3.35. The van der Waals surface area contributed by atoms with Crippen molar-refractivity contribution in [3.8, 4) is 17.6 Å². The van der Waals surface area contributed by atoms with E-state index in [1.165, 1.54) is 0 Å². The second kappa shape index (κ2) is 4.52. The number of aryl methyl sites for hydroxylation is 2. The molecule has 0 spiro atoms. The molecule has 0 saturated carbocycles. The first-order valence-electron chi connectivity index (χ1n) is 4.34. The Hall–Kier alpha value is -1.69. The first-order chi connectivity index (χ1) is 6.69. The highest BCUT2D eigenvalue weighted by molar-refractivity contribution is 5.45. The van der Waals surface area contributed by atoms with Gasteiger partial charge in [-0.15, -0.1) is 0 Å². The van der Waals surface area contributed by atoms with Gasteiger partial charge in [-0.1, -0.05) is 0 Å². The summed E-state index contributed by atoms with van der Waals surface area (Å²) in [7, 11) is 1.64. The Morgan fingerprint density at radius 3 is 2.36 bits per heavy atom. The highest BCUT2D eigenvalue weighted by atomic mass is 16.5. The summed E-state index contributed by atoms with van der Waals surface area (Å²) in [6.07, 6.45) is 0. The first-order valence-corrected chi connectivity index (χ1v) is 4.34. The lowest BCUT2D eigenvalue weighted by molar-refractivity contribution is 0.362. The van der Waals surface area contributed by atoms with Crippen LogP contribution in [-0.4, -0.2) is 13.7 Å². The topological polar surface area (TPSA) is 42.2 Å². The zero-order chi connectivity index (χ0) is 10.6. The second-order valence-corrected chi connectivity index (χ2v) is 3.03. The fraction of sp³-hybridized carbons (Fsp3) is 0.364. The molecule has 3 nitrogen and oxygen atoms in total. The minimum atomic E-state index is 0.0760. The third kappa shape index (κ3) is 2.17. The van der Waals surface area contributed by atoms with Crippen molar-refractivity contribution in [1.82, 2.24) is 0 Å². The van der Waals surface area contributed by atoms with Gasteiger partial charge in [0.25, 0.3) is 0 Å². The van der Waals surface area contributed by atoms with Crippen molar-refractivity contribution in [2.24, 2.45) is 0 Å². The van der Waals surface area contributed by atoms with Crippen molar-refractivity contribution in [2.45, 2.75) is 13.8 Å². The van der Waals surface area contributed by atoms with Crippen molar-refractivity contribution >= 4 is 0 Å². The van der Waals surface area contributed by atoms with Crippen LogP contribution in [0.3, 0.4) is 0 Å². The molecule has 3 heteroatoms. The average molecular weight is 191 g/mol. The predicted octanol–water partition coefficient (Wildman–Crippen LogP) is 2.21. The summed E-state index contributed by atoms with van der Waals surface area (Å²) in [6, 6.07) is 5.72. The molecule has 0 saturated heterocycles. The van der Waals surface area contributed by atoms with Crippen LogP contribution >= 0.6 is 0 Å². The van der Waals surface area contributed by atoms with E-state index in [1.54, 1.807) is 7.11 Å². The van der Waals surface area contributed by atoms with Crippen molar-refractivity contribution < 1.29 is 9.47 Å². The van der Waals surface area contributed by atoms with Gasteiger partial charge >= 0.3 is 0 Å². The molecule has 0 heterocycles. The first kappa shape index (κ1) is 10.4. The number of nitrogens with zero attached hydrogens (tertiary/aromatic N) is 1. The lowest BCUT2D eigenvalue weighted by Gasteiger charge is -2.10. The molecule has 0 unspecified atom stereocenters. The summed E-state index contributed by atoms with van der Waals surface area (Å²) in [4.78, 5) is 0. The zero-order valence-corrected chi connectivity index (χ0v) is 8.63. The van der Waals surface area contributed by atoms with Crippen LogP contribution in [0.15, 0.2) is 12.1 Å². The average Bonchev–Trinajstić information content (AvgIpc) is 2.18. The molecule has 0 bridgehead atoms. The third-order valence-electron chi connectivity index (χ3n) is 1.98. The lowest BCUT2D eigenvalue weighted by atomic mass is 10.1. The number of ether oxygens (including phenoxy) is 2. The molecule has 0 aliphatic carbocycles. The van der Waals surface area contributed by atoms with E-state index in [2.05, 4.69) is 0 Å². The second-order valence-electron chi connectivity index (χ2n) is 3.03. The number of nitriles is 1. The maximum Gasteiger partial charge on any atom is 0.174 e. The van der Waals surface area contributed by atoms with Crippen LogP contribution in [0.2, 0.25) is 0 Å². The minimum Gasteiger partial charge on any atom is -0.496 e. The van der Waals surface area contributed by atoms with E-state index >= 15 is 0 Å². The lowest BCUT2D eigenvalue weighted by Crippen LogP contribution is -1.97. The van der Waals surface area contributed by atoms with Crippen LogP contribution in [0.25, 0.3) is 0 Å². The van der Waals surface area contributed by atoms with Crippen molar-refractivity contribution in [1.29, 1.82) is 5.26 Å². The van der Waals surface area contributed by atoms with E-state index in [1.807, 2.05) is 32.0 Å². The van der Waals surface area contributed by atoms with E-state index in [4.69, 9.17) is 14.7 Å². The highest BCUT2D eigenvalue weighted by Gasteiger charge is 2.05. The molecule has 1 aromatic carbocycles. The van der Waals surface area contributed by atoms with Crippen LogP contribution in [0.5, 0.6) is 11.5 Å². The minimum absolute atomic E-state index is 0.0760. The van der Waals surface area contributed by atoms with Crippen molar-refractivity contribution in [3.05, 3.63) is 23.3 Å². The summed E-state index contributed by atoms with van der Waals surface area (Å²) in [5.74, 6) is 1.58. The molecule has 0 radical (unpaired) electrons. The van der Waals surface area contributed by atoms with E-state index in [0.717, 1.165) is 22.6 Å². The molecule has 1 aromatic rings. The van der Waals surface area contributed by atoms with Gasteiger partial charge in [0.1, 0.15) is 17.6 Å².